The fourth-order valence-corrected chi connectivity index (χ4v) is 3.29. The van der Waals surface area contributed by atoms with Crippen molar-refractivity contribution in [2.45, 2.75) is 13.1 Å². The molecule has 4 aromatic heterocycles. The Hall–Kier alpha value is -3.81. The maximum atomic E-state index is 12.9. The van der Waals surface area contributed by atoms with Gasteiger partial charge in [-0.15, -0.1) is 0 Å². The van der Waals surface area contributed by atoms with E-state index in [4.69, 9.17) is 0 Å². The third-order valence-electron chi connectivity index (χ3n) is 4.62. The molecule has 5 heterocycles. The lowest BCUT2D eigenvalue weighted by Crippen LogP contribution is -2.24. The zero-order valence-electron chi connectivity index (χ0n) is 14.2. The molecule has 0 radical (unpaired) electrons. The highest BCUT2D eigenvalue weighted by molar-refractivity contribution is 5.96. The zero-order valence-corrected chi connectivity index (χ0v) is 14.2. The molecule has 0 spiro atoms. The number of H-pyrrole nitrogens is 1. The summed E-state index contributed by atoms with van der Waals surface area (Å²) in [6.07, 6.45) is 5.03. The second-order valence-corrected chi connectivity index (χ2v) is 6.33. The number of aromatic amines is 1. The third-order valence-corrected chi connectivity index (χ3v) is 4.62. The summed E-state index contributed by atoms with van der Waals surface area (Å²) in [6, 6.07) is 11.0. The highest BCUT2D eigenvalue weighted by atomic mass is 16.2. The lowest BCUT2D eigenvalue weighted by Gasteiger charge is -2.13. The van der Waals surface area contributed by atoms with E-state index in [0.29, 0.717) is 17.8 Å². The standard InChI is InChI=1S/C19H14N6O2/c26-18-14-11-24(10-13-3-1-2-6-21-13)19(27)17(14)22-16-9-15(23-25(16)18)12-4-7-20-8-5-12/h1-9,23H,10-11H2. The molecule has 1 aliphatic heterocycles. The van der Waals surface area contributed by atoms with Gasteiger partial charge < -0.3 is 4.90 Å². The number of aromatic nitrogens is 5. The molecule has 0 saturated heterocycles. The molecule has 0 aliphatic carbocycles. The first kappa shape index (κ1) is 15.4. The Morgan fingerprint density at radius 3 is 2.70 bits per heavy atom. The Labute approximate surface area is 153 Å². The van der Waals surface area contributed by atoms with Crippen molar-refractivity contribution in [3.63, 3.8) is 0 Å². The number of pyridine rings is 2. The van der Waals surface area contributed by atoms with Gasteiger partial charge in [0, 0.05) is 30.2 Å². The van der Waals surface area contributed by atoms with Crippen molar-refractivity contribution in [3.05, 3.63) is 82.3 Å². The van der Waals surface area contributed by atoms with Crippen LogP contribution in [0.5, 0.6) is 0 Å². The molecular formula is C19H14N6O2. The van der Waals surface area contributed by atoms with Crippen LogP contribution < -0.4 is 5.56 Å². The van der Waals surface area contributed by atoms with Crippen LogP contribution in [0, 0.1) is 0 Å². The quantitative estimate of drug-likeness (QED) is 0.600. The molecule has 0 atom stereocenters. The predicted octanol–water partition coefficient (Wildman–Crippen LogP) is 1.64. The lowest BCUT2D eigenvalue weighted by molar-refractivity contribution is 0.0760. The minimum atomic E-state index is -0.257. The van der Waals surface area contributed by atoms with Crippen molar-refractivity contribution >= 4 is 11.6 Å². The van der Waals surface area contributed by atoms with Gasteiger partial charge in [-0.2, -0.15) is 0 Å². The second-order valence-electron chi connectivity index (χ2n) is 6.33. The van der Waals surface area contributed by atoms with Crippen LogP contribution in [0.25, 0.3) is 16.9 Å². The molecule has 8 nitrogen and oxygen atoms in total. The summed E-state index contributed by atoms with van der Waals surface area (Å²) in [6.45, 7) is 0.569. The molecule has 0 bridgehead atoms. The minimum absolute atomic E-state index is 0.219. The second kappa shape index (κ2) is 5.87. The van der Waals surface area contributed by atoms with E-state index >= 15 is 0 Å². The molecule has 27 heavy (non-hydrogen) atoms. The number of carbonyl (C=O) groups excluding carboxylic acids is 1. The van der Waals surface area contributed by atoms with Gasteiger partial charge in [0.15, 0.2) is 5.65 Å². The number of fused-ring (bicyclic) bond motifs is 2. The van der Waals surface area contributed by atoms with Gasteiger partial charge in [-0.3, -0.25) is 24.7 Å². The van der Waals surface area contributed by atoms with E-state index in [9.17, 15) is 9.59 Å². The van der Waals surface area contributed by atoms with E-state index < -0.39 is 0 Å². The summed E-state index contributed by atoms with van der Waals surface area (Å²) < 4.78 is 1.38. The van der Waals surface area contributed by atoms with Crippen LogP contribution in [0.3, 0.4) is 0 Å². The monoisotopic (exact) mass is 358 g/mol. The fraction of sp³-hybridized carbons (Fsp3) is 0.105. The summed E-state index contributed by atoms with van der Waals surface area (Å²) in [5, 5.41) is 3.06. The van der Waals surface area contributed by atoms with Gasteiger partial charge in [-0.25, -0.2) is 9.50 Å². The van der Waals surface area contributed by atoms with Gasteiger partial charge in [0.1, 0.15) is 5.69 Å². The molecule has 4 aromatic rings. The van der Waals surface area contributed by atoms with E-state index in [1.165, 1.54) is 4.52 Å². The van der Waals surface area contributed by atoms with E-state index in [1.807, 2.05) is 30.3 Å². The molecule has 8 heteroatoms. The summed E-state index contributed by atoms with van der Waals surface area (Å²) in [7, 11) is 0. The van der Waals surface area contributed by atoms with Crippen LogP contribution in [-0.4, -0.2) is 35.4 Å². The summed E-state index contributed by atoms with van der Waals surface area (Å²) >= 11 is 0. The van der Waals surface area contributed by atoms with Crippen molar-refractivity contribution in [2.24, 2.45) is 0 Å². The lowest BCUT2D eigenvalue weighted by atomic mass is 10.2. The Balaban J connectivity index is 1.55. The minimum Gasteiger partial charge on any atom is -0.327 e. The first-order valence-corrected chi connectivity index (χ1v) is 8.45. The highest BCUT2D eigenvalue weighted by Crippen LogP contribution is 2.22. The summed E-state index contributed by atoms with van der Waals surface area (Å²) in [5.74, 6) is -0.248. The van der Waals surface area contributed by atoms with E-state index in [0.717, 1.165) is 17.0 Å². The molecule has 5 rings (SSSR count). The molecule has 1 aliphatic rings. The van der Waals surface area contributed by atoms with Gasteiger partial charge in [0.25, 0.3) is 11.5 Å². The number of hydrogen-bond acceptors (Lipinski definition) is 5. The number of rotatable bonds is 3. The van der Waals surface area contributed by atoms with Gasteiger partial charge in [0.2, 0.25) is 0 Å². The van der Waals surface area contributed by atoms with Crippen LogP contribution in [-0.2, 0) is 13.1 Å². The largest absolute Gasteiger partial charge is 0.327 e. The van der Waals surface area contributed by atoms with Crippen LogP contribution >= 0.6 is 0 Å². The van der Waals surface area contributed by atoms with Crippen molar-refractivity contribution in [2.75, 3.05) is 0 Å². The van der Waals surface area contributed by atoms with E-state index in [2.05, 4.69) is 20.1 Å². The number of hydrogen-bond donors (Lipinski definition) is 1. The number of carbonyl (C=O) groups is 1. The number of nitrogens with one attached hydrogen (secondary N) is 1. The molecule has 132 valence electrons. The van der Waals surface area contributed by atoms with Crippen LogP contribution in [0.2, 0.25) is 0 Å². The normalized spacial score (nSPS) is 13.3. The van der Waals surface area contributed by atoms with Crippen molar-refractivity contribution < 1.29 is 4.79 Å². The molecule has 0 aromatic carbocycles. The third kappa shape index (κ3) is 2.50. The number of amides is 1. The first-order valence-electron chi connectivity index (χ1n) is 8.45. The highest BCUT2D eigenvalue weighted by Gasteiger charge is 2.32. The Kier molecular flexibility index (Phi) is 3.36. The molecule has 0 saturated carbocycles. The molecule has 0 fully saturated rings. The molecule has 1 amide bonds. The maximum absolute atomic E-state index is 12.9. The molecule has 1 N–H and O–H groups in total. The average molecular weight is 358 g/mol. The van der Waals surface area contributed by atoms with Crippen molar-refractivity contribution in [1.82, 2.24) is 29.5 Å². The smallest absolute Gasteiger partial charge is 0.278 e. The molecule has 0 unspecified atom stereocenters. The Bertz CT molecular complexity index is 1210. The zero-order chi connectivity index (χ0) is 18.4. The van der Waals surface area contributed by atoms with E-state index in [-0.39, 0.29) is 23.7 Å². The molecular weight excluding hydrogens is 344 g/mol. The van der Waals surface area contributed by atoms with Gasteiger partial charge in [-0.05, 0) is 24.3 Å². The van der Waals surface area contributed by atoms with Gasteiger partial charge in [-0.1, -0.05) is 6.07 Å². The van der Waals surface area contributed by atoms with Gasteiger partial charge >= 0.3 is 0 Å². The van der Waals surface area contributed by atoms with Crippen molar-refractivity contribution in [3.8, 4) is 11.3 Å². The van der Waals surface area contributed by atoms with Crippen molar-refractivity contribution in [1.29, 1.82) is 0 Å². The summed E-state index contributed by atoms with van der Waals surface area (Å²) in [5.41, 5.74) is 3.17. The van der Waals surface area contributed by atoms with Crippen LogP contribution in [0.15, 0.2) is 59.8 Å². The fourth-order valence-electron chi connectivity index (χ4n) is 3.29. The maximum Gasteiger partial charge on any atom is 0.278 e. The first-order chi connectivity index (χ1) is 13.2. The number of nitrogens with zero attached hydrogens (tertiary/aromatic N) is 5. The Morgan fingerprint density at radius 2 is 1.93 bits per heavy atom. The summed E-state index contributed by atoms with van der Waals surface area (Å²) in [4.78, 5) is 39.9. The van der Waals surface area contributed by atoms with Crippen LogP contribution in [0.4, 0.5) is 0 Å². The SMILES string of the molecule is O=C1c2nc3cc(-c4ccncc4)[nH]n3c(=O)c2CN1Cc1ccccn1. The predicted molar refractivity (Wildman–Crippen MR) is 96.9 cm³/mol. The Morgan fingerprint density at radius 1 is 1.07 bits per heavy atom. The van der Waals surface area contributed by atoms with E-state index in [1.54, 1.807) is 29.6 Å². The average Bonchev–Trinajstić information content (AvgIpc) is 3.27. The topological polar surface area (TPSA) is 96.2 Å². The van der Waals surface area contributed by atoms with Gasteiger partial charge in [0.05, 0.1) is 30.0 Å². The van der Waals surface area contributed by atoms with Crippen LogP contribution in [0.1, 0.15) is 21.7 Å².